The highest BCUT2D eigenvalue weighted by Gasteiger charge is 2.42. The minimum Gasteiger partial charge on any atom is -0.444 e. The van der Waals surface area contributed by atoms with Gasteiger partial charge in [-0.1, -0.05) is 74.9 Å². The summed E-state index contributed by atoms with van der Waals surface area (Å²) in [5, 5.41) is 5.61. The van der Waals surface area contributed by atoms with Crippen LogP contribution in [0.15, 0.2) is 84.6 Å². The van der Waals surface area contributed by atoms with Gasteiger partial charge >= 0.3 is 6.09 Å². The average Bonchev–Trinajstić information content (AvgIpc) is 3.51. The number of carbonyl (C=O) groups is 2. The van der Waals surface area contributed by atoms with Gasteiger partial charge in [0.25, 0.3) is 0 Å². The second-order valence-electron chi connectivity index (χ2n) is 16.7. The van der Waals surface area contributed by atoms with Crippen molar-refractivity contribution >= 4 is 29.1 Å². The molecule has 58 heavy (non-hydrogen) atoms. The molecular weight excluding hydrogens is 733 g/mol. The number of para-hydroxylation sites is 2. The third-order valence-corrected chi connectivity index (χ3v) is 10.4. The SMILES string of the molecule is C[N+]1=C(/C=C/C=C/C=C2\N(CCCCCC(=O)NCCOCCOCCOCCOCCNC(=O)OC(C)(C)C)c3ccccc3C2(C)C)C(C)(C)c2ccccc21. The van der Waals surface area contributed by atoms with Crippen LogP contribution in [0, 0.1) is 0 Å². The molecule has 0 bridgehead atoms. The number of ether oxygens (including phenoxy) is 5. The molecule has 2 aliphatic rings. The molecule has 2 N–H and O–H groups in total. The van der Waals surface area contributed by atoms with Gasteiger partial charge < -0.3 is 39.2 Å². The Morgan fingerprint density at radius 2 is 1.29 bits per heavy atom. The number of carbonyl (C=O) groups excluding carboxylic acids is 2. The van der Waals surface area contributed by atoms with E-state index in [4.69, 9.17) is 23.7 Å². The molecule has 0 aromatic heterocycles. The van der Waals surface area contributed by atoms with Crippen LogP contribution in [-0.2, 0) is 39.3 Å². The number of nitrogens with zero attached hydrogens (tertiary/aromatic N) is 2. The predicted molar refractivity (Wildman–Crippen MR) is 232 cm³/mol. The van der Waals surface area contributed by atoms with E-state index in [0.29, 0.717) is 72.4 Å². The fourth-order valence-electron chi connectivity index (χ4n) is 7.43. The van der Waals surface area contributed by atoms with Crippen molar-refractivity contribution in [3.63, 3.8) is 0 Å². The van der Waals surface area contributed by atoms with Gasteiger partial charge in [-0.15, -0.1) is 0 Å². The van der Waals surface area contributed by atoms with Gasteiger partial charge in [0.15, 0.2) is 5.71 Å². The molecular formula is C47H69N4O7+. The van der Waals surface area contributed by atoms with Crippen molar-refractivity contribution in [2.45, 2.75) is 90.6 Å². The van der Waals surface area contributed by atoms with Crippen LogP contribution in [0.3, 0.4) is 0 Å². The maximum atomic E-state index is 12.5. The number of allylic oxidation sites excluding steroid dienone is 6. The summed E-state index contributed by atoms with van der Waals surface area (Å²) in [5.41, 5.74) is 7.14. The van der Waals surface area contributed by atoms with E-state index in [2.05, 4.69) is 134 Å². The molecule has 0 atom stereocenters. The lowest BCUT2D eigenvalue weighted by molar-refractivity contribution is -0.401. The molecule has 0 saturated carbocycles. The average molecular weight is 802 g/mol. The van der Waals surface area contributed by atoms with Crippen molar-refractivity contribution in [3.8, 4) is 0 Å². The molecule has 11 heteroatoms. The Hall–Kier alpha value is -4.29. The molecule has 0 unspecified atom stereocenters. The number of hydrogen-bond acceptors (Lipinski definition) is 8. The molecule has 318 valence electrons. The molecule has 2 heterocycles. The van der Waals surface area contributed by atoms with Crippen LogP contribution in [0.1, 0.15) is 85.3 Å². The van der Waals surface area contributed by atoms with Gasteiger partial charge in [-0.25, -0.2) is 4.79 Å². The minimum atomic E-state index is -0.519. The third kappa shape index (κ3) is 13.9. The maximum Gasteiger partial charge on any atom is 0.407 e. The summed E-state index contributed by atoms with van der Waals surface area (Å²) in [5.74, 6) is 0.0564. The maximum absolute atomic E-state index is 12.5. The van der Waals surface area contributed by atoms with Gasteiger partial charge in [0, 0.05) is 60.6 Å². The lowest BCUT2D eigenvalue weighted by atomic mass is 9.81. The summed E-state index contributed by atoms with van der Waals surface area (Å²) in [6.45, 7) is 19.9. The first kappa shape index (κ1) is 46.4. The number of amides is 2. The topological polar surface area (TPSA) is 111 Å². The molecule has 2 aromatic rings. The Morgan fingerprint density at radius 1 is 0.707 bits per heavy atom. The number of alkyl carbamates (subject to hydrolysis) is 1. The van der Waals surface area contributed by atoms with Crippen LogP contribution < -0.4 is 15.5 Å². The summed E-state index contributed by atoms with van der Waals surface area (Å²) in [6.07, 6.45) is 13.8. The van der Waals surface area contributed by atoms with Gasteiger partial charge in [-0.05, 0) is 65.2 Å². The van der Waals surface area contributed by atoms with Crippen LogP contribution >= 0.6 is 0 Å². The van der Waals surface area contributed by atoms with Crippen LogP contribution in [0.25, 0.3) is 0 Å². The number of nitrogens with one attached hydrogen (secondary N) is 2. The quantitative estimate of drug-likeness (QED) is 0.0631. The summed E-state index contributed by atoms with van der Waals surface area (Å²) in [6, 6.07) is 17.4. The summed E-state index contributed by atoms with van der Waals surface area (Å²) >= 11 is 0. The van der Waals surface area contributed by atoms with Crippen LogP contribution in [0.5, 0.6) is 0 Å². The van der Waals surface area contributed by atoms with Gasteiger partial charge in [0.2, 0.25) is 11.6 Å². The fraction of sp³-hybridized carbons (Fsp3) is 0.553. The molecule has 2 aromatic carbocycles. The van der Waals surface area contributed by atoms with Crippen molar-refractivity contribution in [1.82, 2.24) is 10.6 Å². The first-order valence-electron chi connectivity index (χ1n) is 20.9. The van der Waals surface area contributed by atoms with Gasteiger partial charge in [0.05, 0.1) is 58.3 Å². The molecule has 4 rings (SSSR count). The molecule has 0 radical (unpaired) electrons. The van der Waals surface area contributed by atoms with E-state index in [-0.39, 0.29) is 16.7 Å². The molecule has 2 amide bonds. The van der Waals surface area contributed by atoms with Gasteiger partial charge in [0.1, 0.15) is 12.6 Å². The van der Waals surface area contributed by atoms with Crippen LogP contribution in [-0.4, -0.2) is 107 Å². The third-order valence-electron chi connectivity index (χ3n) is 10.4. The highest BCUT2D eigenvalue weighted by molar-refractivity contribution is 6.03. The molecule has 0 fully saturated rings. The van der Waals surface area contributed by atoms with Crippen LogP contribution in [0.2, 0.25) is 0 Å². The zero-order valence-corrected chi connectivity index (χ0v) is 36.4. The largest absolute Gasteiger partial charge is 0.444 e. The Bertz CT molecular complexity index is 1750. The summed E-state index contributed by atoms with van der Waals surface area (Å²) in [4.78, 5) is 26.5. The lowest BCUT2D eigenvalue weighted by Gasteiger charge is -2.27. The van der Waals surface area contributed by atoms with Crippen molar-refractivity contribution in [3.05, 3.63) is 95.7 Å². The molecule has 2 aliphatic heterocycles. The van der Waals surface area contributed by atoms with E-state index in [9.17, 15) is 9.59 Å². The number of benzene rings is 2. The minimum absolute atomic E-state index is 0.0467. The fourth-order valence-corrected chi connectivity index (χ4v) is 7.43. The predicted octanol–water partition coefficient (Wildman–Crippen LogP) is 7.75. The second-order valence-corrected chi connectivity index (χ2v) is 16.7. The standard InChI is InChI=1S/C47H68N4O7/c1-45(2,3)58-44(53)49-27-30-55-32-34-57-36-35-56-33-31-54-29-26-48-43(52)25-13-10-18-28-51-40-22-17-15-20-38(40)47(6,7)42(51)24-12-9-11-23-41-46(4,5)37-19-14-16-21-39(37)50(41)8/h9,11-12,14-17,19-24H,10,13,18,25-36H2,1-8H3,(H-,48,49,52,53)/p+1. The van der Waals surface area contributed by atoms with E-state index in [0.717, 1.165) is 25.8 Å². The van der Waals surface area contributed by atoms with Crippen molar-refractivity contribution in [2.24, 2.45) is 0 Å². The van der Waals surface area contributed by atoms with E-state index in [1.165, 1.54) is 33.9 Å². The van der Waals surface area contributed by atoms with Crippen LogP contribution in [0.4, 0.5) is 16.2 Å². The van der Waals surface area contributed by atoms with E-state index < -0.39 is 11.7 Å². The zero-order valence-electron chi connectivity index (χ0n) is 36.4. The van der Waals surface area contributed by atoms with E-state index >= 15 is 0 Å². The van der Waals surface area contributed by atoms with E-state index in [1.54, 1.807) is 0 Å². The second kappa shape index (κ2) is 22.8. The highest BCUT2D eigenvalue weighted by atomic mass is 16.6. The highest BCUT2D eigenvalue weighted by Crippen LogP contribution is 2.47. The summed E-state index contributed by atoms with van der Waals surface area (Å²) in [7, 11) is 2.15. The van der Waals surface area contributed by atoms with Gasteiger partial charge in [-0.3, -0.25) is 4.79 Å². The molecule has 0 spiro atoms. The Labute approximate surface area is 347 Å². The number of rotatable bonds is 24. The lowest BCUT2D eigenvalue weighted by Crippen LogP contribution is -2.34. The first-order valence-corrected chi connectivity index (χ1v) is 20.9. The Kier molecular flexibility index (Phi) is 18.2. The normalized spacial score (nSPS) is 16.4. The Morgan fingerprint density at radius 3 is 1.93 bits per heavy atom. The number of hydrogen-bond donors (Lipinski definition) is 2. The van der Waals surface area contributed by atoms with E-state index in [1.807, 2.05) is 20.8 Å². The molecule has 11 nitrogen and oxygen atoms in total. The number of anilines is 1. The van der Waals surface area contributed by atoms with Crippen molar-refractivity contribution in [1.29, 1.82) is 0 Å². The first-order chi connectivity index (χ1) is 27.7. The van der Waals surface area contributed by atoms with Crippen molar-refractivity contribution in [2.75, 3.05) is 84.4 Å². The summed E-state index contributed by atoms with van der Waals surface area (Å²) < 4.78 is 29.5. The van der Waals surface area contributed by atoms with Gasteiger partial charge in [-0.2, -0.15) is 4.58 Å². The Balaban J connectivity index is 1.05. The number of fused-ring (bicyclic) bond motifs is 2. The number of unbranched alkanes of at least 4 members (excludes halogenated alkanes) is 2. The monoisotopic (exact) mass is 802 g/mol. The molecule has 0 saturated heterocycles. The van der Waals surface area contributed by atoms with Crippen molar-refractivity contribution < 1.29 is 37.8 Å². The molecule has 0 aliphatic carbocycles. The zero-order chi connectivity index (χ0) is 42.0. The smallest absolute Gasteiger partial charge is 0.407 e.